The van der Waals surface area contributed by atoms with E-state index < -0.39 is 0 Å². The number of benzene rings is 3. The van der Waals surface area contributed by atoms with Gasteiger partial charge in [0, 0.05) is 18.6 Å². The van der Waals surface area contributed by atoms with E-state index in [2.05, 4.69) is 30.3 Å². The van der Waals surface area contributed by atoms with E-state index in [0.717, 1.165) is 28.9 Å². The van der Waals surface area contributed by atoms with Crippen molar-refractivity contribution in [1.82, 2.24) is 0 Å². The van der Waals surface area contributed by atoms with E-state index in [-0.39, 0.29) is 16.7 Å². The van der Waals surface area contributed by atoms with Crippen LogP contribution in [0.5, 0.6) is 0 Å². The van der Waals surface area contributed by atoms with E-state index in [4.69, 9.17) is 5.10 Å². The Kier molecular flexibility index (Phi) is 4.97. The molecule has 1 unspecified atom stereocenters. The van der Waals surface area contributed by atoms with Gasteiger partial charge >= 0.3 is 0 Å². The molecule has 138 valence electrons. The molecule has 0 saturated heterocycles. The van der Waals surface area contributed by atoms with Gasteiger partial charge in [0.25, 0.3) is 5.69 Å². The smallest absolute Gasteiger partial charge is 0.258 e. The molecule has 0 N–H and O–H groups in total. The first-order chi connectivity index (χ1) is 13.7. The highest BCUT2D eigenvalue weighted by Crippen LogP contribution is 2.36. The molecular weight excluding hydrogens is 350 g/mol. The molecule has 0 aliphatic carbocycles. The van der Waals surface area contributed by atoms with E-state index in [1.165, 1.54) is 12.1 Å². The van der Waals surface area contributed by atoms with E-state index in [9.17, 15) is 10.1 Å². The van der Waals surface area contributed by atoms with Crippen molar-refractivity contribution in [2.24, 2.45) is 5.10 Å². The average molecular weight is 369 g/mol. The van der Waals surface area contributed by atoms with Gasteiger partial charge in [-0.15, -0.1) is 0 Å². The molecular formula is C23H19N3O2. The number of nitro benzene ring substituents is 1. The van der Waals surface area contributed by atoms with Gasteiger partial charge in [-0.2, -0.15) is 5.10 Å². The van der Waals surface area contributed by atoms with Crippen LogP contribution >= 0.6 is 0 Å². The Morgan fingerprint density at radius 1 is 0.893 bits per heavy atom. The van der Waals surface area contributed by atoms with Crippen LogP contribution < -0.4 is 5.01 Å². The fourth-order valence-corrected chi connectivity index (χ4v) is 3.29. The van der Waals surface area contributed by atoms with Gasteiger partial charge in [0.05, 0.1) is 22.4 Å². The second-order valence-corrected chi connectivity index (χ2v) is 6.58. The average Bonchev–Trinajstić information content (AvgIpc) is 3.18. The lowest BCUT2D eigenvalue weighted by molar-refractivity contribution is -0.384. The Bertz CT molecular complexity index is 1010. The molecule has 0 bridgehead atoms. The summed E-state index contributed by atoms with van der Waals surface area (Å²) in [7, 11) is 0. The van der Waals surface area contributed by atoms with Gasteiger partial charge in [0.2, 0.25) is 0 Å². The second kappa shape index (κ2) is 7.88. The van der Waals surface area contributed by atoms with Gasteiger partial charge in [-0.1, -0.05) is 66.7 Å². The summed E-state index contributed by atoms with van der Waals surface area (Å²) in [5.74, 6) is 0. The minimum atomic E-state index is -0.389. The van der Waals surface area contributed by atoms with Gasteiger partial charge in [-0.25, -0.2) is 0 Å². The molecule has 1 aliphatic rings. The highest BCUT2D eigenvalue weighted by atomic mass is 16.6. The second-order valence-electron chi connectivity index (χ2n) is 6.58. The number of allylic oxidation sites excluding steroid dienone is 1. The summed E-state index contributed by atoms with van der Waals surface area (Å²) >= 11 is 0. The van der Waals surface area contributed by atoms with Crippen molar-refractivity contribution in [3.8, 4) is 0 Å². The van der Waals surface area contributed by atoms with Crippen LogP contribution in [0.1, 0.15) is 23.6 Å². The maximum Gasteiger partial charge on any atom is 0.269 e. The fraction of sp³-hybridized carbons (Fsp3) is 0.0870. The molecule has 5 heteroatoms. The standard InChI is InChI=1S/C23H19N3O2/c27-26(28)22-15-13-21(14-16-22)25-23(19-9-5-2-6-10-19)17-20(24-25)12-11-18-7-3-1-4-8-18/h1-16,23H,17H2. The van der Waals surface area contributed by atoms with Crippen LogP contribution in [0, 0.1) is 10.1 Å². The lowest BCUT2D eigenvalue weighted by Crippen LogP contribution is -2.18. The minimum Gasteiger partial charge on any atom is -0.258 e. The fourth-order valence-electron chi connectivity index (χ4n) is 3.29. The zero-order valence-corrected chi connectivity index (χ0v) is 15.2. The normalized spacial score (nSPS) is 16.4. The van der Waals surface area contributed by atoms with Crippen LogP contribution in [0.2, 0.25) is 0 Å². The summed E-state index contributed by atoms with van der Waals surface area (Å²) in [6.07, 6.45) is 4.86. The van der Waals surface area contributed by atoms with Crippen LogP contribution in [0.25, 0.3) is 6.08 Å². The molecule has 5 nitrogen and oxygen atoms in total. The lowest BCUT2D eigenvalue weighted by atomic mass is 10.0. The SMILES string of the molecule is O=[N+]([O-])c1ccc(N2N=C(C=Cc3ccccc3)CC2c2ccccc2)cc1. The maximum atomic E-state index is 10.9. The van der Waals surface area contributed by atoms with E-state index >= 15 is 0 Å². The molecule has 0 saturated carbocycles. The van der Waals surface area contributed by atoms with Crippen LogP contribution in [0.15, 0.2) is 96.1 Å². The van der Waals surface area contributed by atoms with Gasteiger partial charge in [0.15, 0.2) is 0 Å². The molecule has 1 heterocycles. The summed E-state index contributed by atoms with van der Waals surface area (Å²) in [5, 5.41) is 17.7. The first-order valence-electron chi connectivity index (χ1n) is 9.10. The van der Waals surface area contributed by atoms with Gasteiger partial charge in [-0.05, 0) is 29.3 Å². The first kappa shape index (κ1) is 17.7. The van der Waals surface area contributed by atoms with Crippen molar-refractivity contribution >= 4 is 23.2 Å². The Labute approximate surface area is 163 Å². The zero-order valence-electron chi connectivity index (χ0n) is 15.2. The van der Waals surface area contributed by atoms with Crippen molar-refractivity contribution in [1.29, 1.82) is 0 Å². The largest absolute Gasteiger partial charge is 0.269 e. The third-order valence-corrected chi connectivity index (χ3v) is 4.71. The quantitative estimate of drug-likeness (QED) is 0.433. The number of hydrogen-bond acceptors (Lipinski definition) is 4. The molecule has 0 radical (unpaired) electrons. The summed E-state index contributed by atoms with van der Waals surface area (Å²) in [5.41, 5.74) is 4.16. The van der Waals surface area contributed by atoms with Crippen LogP contribution in [0.3, 0.4) is 0 Å². The molecule has 0 fully saturated rings. The monoisotopic (exact) mass is 369 g/mol. The Morgan fingerprint density at radius 3 is 2.18 bits per heavy atom. The number of hydrogen-bond donors (Lipinski definition) is 0. The summed E-state index contributed by atoms with van der Waals surface area (Å²) in [6.45, 7) is 0. The number of non-ortho nitro benzene ring substituents is 1. The summed E-state index contributed by atoms with van der Waals surface area (Å²) in [4.78, 5) is 10.6. The van der Waals surface area contributed by atoms with Gasteiger partial charge < -0.3 is 0 Å². The Hall–Kier alpha value is -3.73. The lowest BCUT2D eigenvalue weighted by Gasteiger charge is -2.23. The van der Waals surface area contributed by atoms with Crippen LogP contribution in [0.4, 0.5) is 11.4 Å². The molecule has 1 aliphatic heterocycles. The molecule has 4 rings (SSSR count). The topological polar surface area (TPSA) is 58.7 Å². The van der Waals surface area contributed by atoms with E-state index in [0.29, 0.717) is 0 Å². The first-order valence-corrected chi connectivity index (χ1v) is 9.10. The predicted octanol–water partition coefficient (Wildman–Crippen LogP) is 5.62. The number of anilines is 1. The summed E-state index contributed by atoms with van der Waals surface area (Å²) in [6, 6.07) is 26.9. The number of nitrogens with zero attached hydrogens (tertiary/aromatic N) is 3. The molecule has 1 atom stereocenters. The van der Waals surface area contributed by atoms with E-state index in [1.807, 2.05) is 47.5 Å². The van der Waals surface area contributed by atoms with Crippen molar-refractivity contribution in [3.63, 3.8) is 0 Å². The molecule has 0 spiro atoms. The molecule has 3 aromatic carbocycles. The predicted molar refractivity (Wildman–Crippen MR) is 112 cm³/mol. The molecule has 3 aromatic rings. The van der Waals surface area contributed by atoms with Crippen molar-refractivity contribution in [3.05, 3.63) is 112 Å². The number of hydrazone groups is 1. The number of nitro groups is 1. The molecule has 0 amide bonds. The van der Waals surface area contributed by atoms with Crippen molar-refractivity contribution < 1.29 is 4.92 Å². The number of rotatable bonds is 5. The third-order valence-electron chi connectivity index (χ3n) is 4.71. The maximum absolute atomic E-state index is 10.9. The zero-order chi connectivity index (χ0) is 19.3. The Balaban J connectivity index is 1.65. The minimum absolute atomic E-state index is 0.0538. The van der Waals surface area contributed by atoms with Gasteiger partial charge in [-0.3, -0.25) is 15.1 Å². The van der Waals surface area contributed by atoms with Crippen molar-refractivity contribution in [2.75, 3.05) is 5.01 Å². The molecule has 28 heavy (non-hydrogen) atoms. The molecule has 0 aromatic heterocycles. The van der Waals surface area contributed by atoms with Crippen LogP contribution in [-0.4, -0.2) is 10.6 Å². The highest BCUT2D eigenvalue weighted by Gasteiger charge is 2.28. The highest BCUT2D eigenvalue weighted by molar-refractivity contribution is 6.01. The third kappa shape index (κ3) is 3.83. The van der Waals surface area contributed by atoms with Crippen LogP contribution in [-0.2, 0) is 0 Å². The van der Waals surface area contributed by atoms with Gasteiger partial charge in [0.1, 0.15) is 0 Å². The summed E-state index contributed by atoms with van der Waals surface area (Å²) < 4.78 is 0. The Morgan fingerprint density at radius 2 is 1.54 bits per heavy atom. The van der Waals surface area contributed by atoms with Crippen molar-refractivity contribution in [2.45, 2.75) is 12.5 Å². The van der Waals surface area contributed by atoms with E-state index in [1.54, 1.807) is 12.1 Å².